The summed E-state index contributed by atoms with van der Waals surface area (Å²) in [6.07, 6.45) is 0. The number of carbonyl (C=O) groups is 2. The summed E-state index contributed by atoms with van der Waals surface area (Å²) in [5.74, 6) is 0.00890. The Bertz CT molecular complexity index is 1290. The van der Waals surface area contributed by atoms with Gasteiger partial charge in [-0.3, -0.25) is 0 Å². The number of rotatable bonds is 6. The Labute approximate surface area is 135 Å². The Balaban J connectivity index is 1.50. The van der Waals surface area contributed by atoms with Crippen LogP contribution in [0.4, 0.5) is 0 Å². The van der Waals surface area contributed by atoms with Gasteiger partial charge in [-0.15, -0.1) is 0 Å². The molecule has 10 aliphatic rings. The fourth-order valence-electron chi connectivity index (χ4n) is 20.8. The molecule has 10 aliphatic heterocycles. The molecule has 7 heteroatoms. The molecule has 25 heavy (non-hydrogen) atoms. The second-order valence-corrected chi connectivity index (χ2v) is 34.8. The Morgan fingerprint density at radius 1 is 0.760 bits per heavy atom. The van der Waals surface area contributed by atoms with E-state index in [0.29, 0.717) is 42.1 Å². The van der Waals surface area contributed by atoms with Gasteiger partial charge in [0.1, 0.15) is 0 Å². The first-order chi connectivity index (χ1) is 11.8. The molecule has 10 fully saturated rings. The van der Waals surface area contributed by atoms with E-state index >= 15 is 0 Å². The van der Waals surface area contributed by atoms with E-state index in [-0.39, 0.29) is 29.2 Å². The van der Waals surface area contributed by atoms with Crippen molar-refractivity contribution in [2.75, 3.05) is 41.7 Å². The summed E-state index contributed by atoms with van der Waals surface area (Å²) in [6, 6.07) is 0. The van der Waals surface area contributed by atoms with Crippen molar-refractivity contribution in [3.63, 3.8) is 0 Å². The van der Waals surface area contributed by atoms with E-state index in [1.54, 1.807) is 14.2 Å². The van der Waals surface area contributed by atoms with Gasteiger partial charge in [0.05, 0.1) is 0 Å². The van der Waals surface area contributed by atoms with Gasteiger partial charge >= 0.3 is 135 Å². The first kappa shape index (κ1) is 12.0. The molecule has 10 unspecified atom stereocenters. The van der Waals surface area contributed by atoms with E-state index in [2.05, 4.69) is 0 Å². The molecule has 0 aliphatic carbocycles. The van der Waals surface area contributed by atoms with Gasteiger partial charge in [-0.25, -0.2) is 0 Å². The molecule has 10 heterocycles. The van der Waals surface area contributed by atoms with Crippen molar-refractivity contribution in [2.24, 2.45) is 0 Å². The third kappa shape index (κ3) is 0.139. The van der Waals surface area contributed by atoms with E-state index < -0.39 is 6.51 Å². The van der Waals surface area contributed by atoms with Crippen molar-refractivity contribution in [1.29, 1.82) is 0 Å². The van der Waals surface area contributed by atoms with Crippen LogP contribution in [0.2, 0.25) is 46.2 Å². The Hall–Kier alpha value is -0.621. The molecule has 0 radical (unpaired) electrons. The first-order valence-corrected chi connectivity index (χ1v) is 15.2. The molecule has 138 valence electrons. The van der Waals surface area contributed by atoms with Crippen LogP contribution < -0.4 is 0 Å². The summed E-state index contributed by atoms with van der Waals surface area (Å²) >= 11 is 0. The summed E-state index contributed by atoms with van der Waals surface area (Å²) in [5.41, 5.74) is 0. The van der Waals surface area contributed by atoms with E-state index in [0.717, 1.165) is 0 Å². The molecule has 0 N–H and O–H groups in total. The summed E-state index contributed by atoms with van der Waals surface area (Å²) in [7, 11) is 6.57. The van der Waals surface area contributed by atoms with Crippen molar-refractivity contribution in [3.8, 4) is 0 Å². The molecule has 10 saturated heterocycles. The third-order valence-electron chi connectivity index (χ3n) is 17.5. The maximum atomic E-state index is 13.4. The molecular formula is C18H22FeO6. The van der Waals surface area contributed by atoms with E-state index in [1.807, 2.05) is 0 Å². The van der Waals surface area contributed by atoms with Crippen LogP contribution in [0.5, 0.6) is 0 Å². The number of carbonyl (C=O) groups excluding carboxylic acids is 2. The van der Waals surface area contributed by atoms with Crippen LogP contribution in [0.25, 0.3) is 0 Å². The minimum atomic E-state index is -4.68. The topological polar surface area (TPSA) is 71.1 Å². The second-order valence-electron chi connectivity index (χ2n) is 12.1. The predicted octanol–water partition coefficient (Wildman–Crippen LogP) is 2.50. The number of hydrogen-bond acceptors (Lipinski definition) is 6. The molecule has 0 saturated carbocycles. The maximum absolute atomic E-state index is 13.4. The van der Waals surface area contributed by atoms with Crippen LogP contribution in [0, 0.1) is 0 Å². The van der Waals surface area contributed by atoms with Crippen molar-refractivity contribution in [1.82, 2.24) is 0 Å². The van der Waals surface area contributed by atoms with Gasteiger partial charge in [-0.2, -0.15) is 0 Å². The van der Waals surface area contributed by atoms with Crippen LogP contribution in [0.1, 0.15) is 0 Å². The van der Waals surface area contributed by atoms with Crippen molar-refractivity contribution in [3.05, 3.63) is 0 Å². The number of methoxy groups -OCH3 is 4. The zero-order valence-electron chi connectivity index (χ0n) is 14.7. The van der Waals surface area contributed by atoms with Gasteiger partial charge in [-0.05, 0) is 0 Å². The number of ether oxygens (including phenoxy) is 4. The average molecular weight is 390 g/mol. The van der Waals surface area contributed by atoms with Gasteiger partial charge in [0, 0.05) is 0 Å². The molecule has 0 amide bonds. The number of esters is 2. The zero-order chi connectivity index (χ0) is 17.2. The van der Waals surface area contributed by atoms with E-state index in [4.69, 9.17) is 18.9 Å². The zero-order valence-corrected chi connectivity index (χ0v) is 15.8. The van der Waals surface area contributed by atoms with Crippen molar-refractivity contribution < 1.29 is 35.0 Å². The SMILES string of the molecule is COC[C]12[CH]3[CH]4[CH]5[C]1(C(=O)OC)[Fe]43521678[CH]2[CH]1[C]6(COC)[C]7(C(=O)OC)[CH]28. The second kappa shape index (κ2) is 1.21. The molecule has 0 aromatic heterocycles. The van der Waals surface area contributed by atoms with Gasteiger partial charge in [0.2, 0.25) is 0 Å². The van der Waals surface area contributed by atoms with Gasteiger partial charge < -0.3 is 0 Å². The van der Waals surface area contributed by atoms with Crippen molar-refractivity contribution >= 4 is 11.9 Å². The minimum absolute atomic E-state index is 0.00445. The molecule has 0 bridgehead atoms. The fraction of sp³-hybridized carbons (Fsp3) is 0.889. The van der Waals surface area contributed by atoms with Gasteiger partial charge in [-0.1, -0.05) is 0 Å². The average Bonchev–Trinajstić information content (AvgIpc) is 3.57. The molecule has 0 aromatic rings. The first-order valence-electron chi connectivity index (χ1n) is 9.15. The van der Waals surface area contributed by atoms with Gasteiger partial charge in [0.25, 0.3) is 0 Å². The summed E-state index contributed by atoms with van der Waals surface area (Å²) < 4.78 is 21.9. The number of fused-ring (bicyclic) bond motifs is 10. The fourth-order valence-corrected chi connectivity index (χ4v) is 100. The standard InChI is InChI=1S/2C9H11O3.Fe/c2*1-11-6-7-4-3-5-8(7)9(10)12-2;/h2*3-5H,6H2,1-2H3;. The predicted molar refractivity (Wildman–Crippen MR) is 81.1 cm³/mol. The Morgan fingerprint density at radius 3 is 1.44 bits per heavy atom. The monoisotopic (exact) mass is 390 g/mol. The van der Waals surface area contributed by atoms with Crippen LogP contribution in [0.15, 0.2) is 0 Å². The van der Waals surface area contributed by atoms with Crippen molar-refractivity contribution in [2.45, 2.75) is 46.2 Å². The molecule has 10 rings (SSSR count). The third-order valence-corrected chi connectivity index (χ3v) is 62.0. The molecule has 6 nitrogen and oxygen atoms in total. The van der Waals surface area contributed by atoms with Crippen LogP contribution >= 0.6 is 0 Å². The van der Waals surface area contributed by atoms with Crippen LogP contribution in [-0.4, -0.2) is 53.6 Å². The van der Waals surface area contributed by atoms with Crippen LogP contribution in [0.3, 0.4) is 0 Å². The summed E-state index contributed by atoms with van der Waals surface area (Å²) in [5, 5.41) is 0. The Kier molecular flexibility index (Phi) is 0.579. The van der Waals surface area contributed by atoms with Gasteiger partial charge in [0.15, 0.2) is 0 Å². The summed E-state index contributed by atoms with van der Waals surface area (Å²) in [4.78, 5) is 30.5. The number of hydrogen-bond donors (Lipinski definition) is 0. The molecule has 10 atom stereocenters. The Morgan fingerprint density at radius 2 is 1.16 bits per heavy atom. The quantitative estimate of drug-likeness (QED) is 0.513. The molecule has 1 spiro atoms. The van der Waals surface area contributed by atoms with E-state index in [9.17, 15) is 9.59 Å². The van der Waals surface area contributed by atoms with Crippen LogP contribution in [-0.2, 0) is 35.0 Å². The normalized spacial score (nSPS) is 93.3. The summed E-state index contributed by atoms with van der Waals surface area (Å²) in [6.45, 7) is -3.37. The van der Waals surface area contributed by atoms with E-state index in [1.165, 1.54) is 14.2 Å². The molecule has 0 aromatic carbocycles. The molecular weight excluding hydrogens is 368 g/mol.